The zero-order valence-corrected chi connectivity index (χ0v) is 42.8. The summed E-state index contributed by atoms with van der Waals surface area (Å²) in [5.74, 6) is 0. The first-order valence-corrected chi connectivity index (χ1v) is 25.6. The van der Waals surface area contributed by atoms with E-state index in [-0.39, 0.29) is 0 Å². The largest absolute Gasteiger partial charge is 0.309 e. The van der Waals surface area contributed by atoms with E-state index in [0.717, 1.165) is 6.42 Å². The van der Waals surface area contributed by atoms with Gasteiger partial charge in [0.05, 0.1) is 22.1 Å². The van der Waals surface area contributed by atoms with Gasteiger partial charge in [0.25, 0.3) is 0 Å². The van der Waals surface area contributed by atoms with Crippen LogP contribution in [0.2, 0.25) is 0 Å². The number of aromatic nitrogens is 2. The summed E-state index contributed by atoms with van der Waals surface area (Å²) in [6, 6.07) is 67.5. The summed E-state index contributed by atoms with van der Waals surface area (Å²) in [5.41, 5.74) is 34.6. The van der Waals surface area contributed by atoms with Gasteiger partial charge in [0.15, 0.2) is 0 Å². The predicted molar refractivity (Wildman–Crippen MR) is 308 cm³/mol. The van der Waals surface area contributed by atoms with Crippen LogP contribution < -0.4 is 0 Å². The zero-order valence-electron chi connectivity index (χ0n) is 42.8. The third-order valence-corrected chi connectivity index (χ3v) is 15.9. The standard InChI is InChI=1S/C70H58N2/c1-40-27-43(4)68(44(5)28-40)53-19-24-65-61(36-53)60-35-50(18-23-64(60)71(65)56-13-11-10-12-14-56)49-15-16-51-33-52-17-22-57(39-59(52)58(51)34-49)72-66-25-20-54(69-45(6)29-41(2)30-46(69)7)37-62(66)63-38-55(21-26-67(63)72)70-47(8)31-42(3)32-48(70)9/h10-32,34-39H,33H2,1-9H3. The topological polar surface area (TPSA) is 9.86 Å². The van der Waals surface area contributed by atoms with Crippen molar-refractivity contribution in [2.24, 2.45) is 0 Å². The first kappa shape index (κ1) is 43.8. The molecule has 0 saturated heterocycles. The molecular weight excluding hydrogens is 869 g/mol. The van der Waals surface area contributed by atoms with Crippen molar-refractivity contribution in [3.05, 3.63) is 237 Å². The van der Waals surface area contributed by atoms with Gasteiger partial charge in [-0.3, -0.25) is 0 Å². The lowest BCUT2D eigenvalue weighted by molar-refractivity contribution is 1.17. The van der Waals surface area contributed by atoms with Crippen LogP contribution in [-0.4, -0.2) is 9.13 Å². The fourth-order valence-electron chi connectivity index (χ4n) is 13.2. The van der Waals surface area contributed by atoms with Gasteiger partial charge in [-0.1, -0.05) is 114 Å². The van der Waals surface area contributed by atoms with Crippen molar-refractivity contribution in [1.29, 1.82) is 0 Å². The molecule has 12 aromatic rings. The Hall–Kier alpha value is -8.20. The van der Waals surface area contributed by atoms with Crippen LogP contribution in [-0.2, 0) is 6.42 Å². The average molecular weight is 927 g/mol. The maximum absolute atomic E-state index is 2.51. The molecule has 0 aliphatic heterocycles. The minimum Gasteiger partial charge on any atom is -0.309 e. The van der Waals surface area contributed by atoms with Crippen LogP contribution in [0.3, 0.4) is 0 Å². The van der Waals surface area contributed by atoms with Crippen LogP contribution >= 0.6 is 0 Å². The van der Waals surface area contributed by atoms with Crippen LogP contribution in [0.25, 0.3) is 111 Å². The Morgan fingerprint density at radius 1 is 0.278 bits per heavy atom. The van der Waals surface area contributed by atoms with Crippen molar-refractivity contribution in [1.82, 2.24) is 9.13 Å². The van der Waals surface area contributed by atoms with Gasteiger partial charge in [-0.2, -0.15) is 0 Å². The number of rotatable bonds is 6. The molecule has 13 rings (SSSR count). The molecule has 0 amide bonds. The normalized spacial score (nSPS) is 12.2. The first-order chi connectivity index (χ1) is 34.9. The Labute approximate surface area is 423 Å². The Balaban J connectivity index is 0.958. The molecule has 10 aromatic carbocycles. The first-order valence-electron chi connectivity index (χ1n) is 25.6. The molecule has 0 N–H and O–H groups in total. The molecule has 0 saturated carbocycles. The van der Waals surface area contributed by atoms with Crippen LogP contribution in [0, 0.1) is 62.3 Å². The van der Waals surface area contributed by atoms with Crippen molar-refractivity contribution in [3.8, 4) is 67.0 Å². The van der Waals surface area contributed by atoms with E-state index in [2.05, 4.69) is 247 Å². The van der Waals surface area contributed by atoms with Crippen molar-refractivity contribution in [2.45, 2.75) is 68.7 Å². The average Bonchev–Trinajstić information content (AvgIpc) is 3.99. The minimum atomic E-state index is 0.930. The monoisotopic (exact) mass is 926 g/mol. The van der Waals surface area contributed by atoms with Gasteiger partial charge < -0.3 is 9.13 Å². The molecule has 2 aromatic heterocycles. The van der Waals surface area contributed by atoms with Gasteiger partial charge in [0.1, 0.15) is 0 Å². The Kier molecular flexibility index (Phi) is 10.00. The Bertz CT molecular complexity index is 4080. The number of benzene rings is 10. The number of aryl methyl sites for hydroxylation is 9. The molecule has 2 heterocycles. The van der Waals surface area contributed by atoms with Crippen LogP contribution in [0.1, 0.15) is 61.2 Å². The quantitative estimate of drug-likeness (QED) is 0.157. The van der Waals surface area contributed by atoms with E-state index in [1.165, 1.54) is 172 Å². The highest BCUT2D eigenvalue weighted by atomic mass is 15.0. The molecule has 0 atom stereocenters. The van der Waals surface area contributed by atoms with Gasteiger partial charge in [-0.15, -0.1) is 0 Å². The van der Waals surface area contributed by atoms with Gasteiger partial charge in [0.2, 0.25) is 0 Å². The summed E-state index contributed by atoms with van der Waals surface area (Å²) in [6.07, 6.45) is 0.930. The number of hydrogen-bond acceptors (Lipinski definition) is 0. The van der Waals surface area contributed by atoms with E-state index in [9.17, 15) is 0 Å². The van der Waals surface area contributed by atoms with Crippen LogP contribution in [0.4, 0.5) is 0 Å². The fraction of sp³-hybridized carbons (Fsp3) is 0.143. The van der Waals surface area contributed by atoms with Crippen molar-refractivity contribution < 1.29 is 0 Å². The lowest BCUT2D eigenvalue weighted by Gasteiger charge is -2.14. The van der Waals surface area contributed by atoms with E-state index in [1.807, 2.05) is 0 Å². The highest BCUT2D eigenvalue weighted by Gasteiger charge is 2.24. The van der Waals surface area contributed by atoms with Gasteiger partial charge in [0, 0.05) is 32.9 Å². The second-order valence-corrected chi connectivity index (χ2v) is 21.1. The highest BCUT2D eigenvalue weighted by Crippen LogP contribution is 2.45. The third-order valence-electron chi connectivity index (χ3n) is 15.9. The molecule has 0 spiro atoms. The lowest BCUT2D eigenvalue weighted by Crippen LogP contribution is -1.96. The zero-order chi connectivity index (χ0) is 49.3. The second kappa shape index (κ2) is 16.4. The predicted octanol–water partition coefficient (Wildman–Crippen LogP) is 18.9. The molecule has 2 nitrogen and oxygen atoms in total. The molecule has 2 heteroatoms. The third kappa shape index (κ3) is 6.91. The SMILES string of the molecule is Cc1cc(C)c(-c2ccc3c(c2)c2cc(-c4ccc5c(c4)-c4cc(-n6c7ccc(-c8c(C)cc(C)cc8C)cc7c7cc(-c8c(C)cc(C)cc8C)ccc76)ccc4C5)ccc2n3-c2ccccc2)c(C)c1. The van der Waals surface area contributed by atoms with E-state index >= 15 is 0 Å². The van der Waals surface area contributed by atoms with Crippen molar-refractivity contribution >= 4 is 43.6 Å². The number of nitrogens with zero attached hydrogens (tertiary/aromatic N) is 2. The summed E-state index contributed by atoms with van der Waals surface area (Å²) in [6.45, 7) is 20.1. The van der Waals surface area contributed by atoms with E-state index < -0.39 is 0 Å². The molecule has 348 valence electrons. The van der Waals surface area contributed by atoms with Crippen molar-refractivity contribution in [3.63, 3.8) is 0 Å². The Morgan fingerprint density at radius 2 is 0.611 bits per heavy atom. The molecule has 0 radical (unpaired) electrons. The van der Waals surface area contributed by atoms with Gasteiger partial charge >= 0.3 is 0 Å². The summed E-state index contributed by atoms with van der Waals surface area (Å²) >= 11 is 0. The molecule has 1 aliphatic rings. The van der Waals surface area contributed by atoms with Gasteiger partial charge in [-0.25, -0.2) is 0 Å². The van der Waals surface area contributed by atoms with E-state index in [4.69, 9.17) is 0 Å². The molecule has 72 heavy (non-hydrogen) atoms. The van der Waals surface area contributed by atoms with Crippen LogP contribution in [0.15, 0.2) is 176 Å². The number of hydrogen-bond donors (Lipinski definition) is 0. The molecule has 0 fully saturated rings. The molecule has 0 unspecified atom stereocenters. The summed E-state index contributed by atoms with van der Waals surface area (Å²) in [4.78, 5) is 0. The minimum absolute atomic E-state index is 0.930. The smallest absolute Gasteiger partial charge is 0.0541 e. The van der Waals surface area contributed by atoms with E-state index in [1.54, 1.807) is 0 Å². The fourth-order valence-corrected chi connectivity index (χ4v) is 13.2. The number of para-hydroxylation sites is 1. The molecule has 1 aliphatic carbocycles. The lowest BCUT2D eigenvalue weighted by atomic mass is 9.91. The summed E-state index contributed by atoms with van der Waals surface area (Å²) in [5, 5.41) is 5.07. The summed E-state index contributed by atoms with van der Waals surface area (Å²) < 4.78 is 4.94. The maximum Gasteiger partial charge on any atom is 0.0541 e. The second-order valence-electron chi connectivity index (χ2n) is 21.1. The molecule has 0 bridgehead atoms. The van der Waals surface area contributed by atoms with Crippen LogP contribution in [0.5, 0.6) is 0 Å². The van der Waals surface area contributed by atoms with E-state index in [0.29, 0.717) is 0 Å². The van der Waals surface area contributed by atoms with Gasteiger partial charge in [-0.05, 0) is 248 Å². The highest BCUT2D eigenvalue weighted by molar-refractivity contribution is 6.13. The molecular formula is C70H58N2. The Morgan fingerprint density at radius 3 is 1.04 bits per heavy atom. The summed E-state index contributed by atoms with van der Waals surface area (Å²) in [7, 11) is 0. The number of fused-ring (bicyclic) bond motifs is 9. The maximum atomic E-state index is 2.51. The van der Waals surface area contributed by atoms with Crippen molar-refractivity contribution in [2.75, 3.05) is 0 Å².